The molecule has 1 heterocycles. The average Bonchev–Trinajstić information content (AvgIpc) is 3.04. The summed E-state index contributed by atoms with van der Waals surface area (Å²) in [6, 6.07) is -2.45. The number of guanidine groups is 1. The minimum Gasteiger partial charge on any atom is -0.480 e. The minimum absolute atomic E-state index is 0.0212. The number of hydrogen-bond donors (Lipinski definition) is 5. The number of aliphatic imine (C=N–C) groups is 1. The third-order valence-corrected chi connectivity index (χ3v) is 4.36. The molecule has 2 amide bonds. The zero-order valence-electron chi connectivity index (χ0n) is 15.4. The molecule has 1 fully saturated rings. The van der Waals surface area contributed by atoms with Crippen molar-refractivity contribution in [1.29, 1.82) is 0 Å². The first-order valence-electron chi connectivity index (χ1n) is 8.79. The Labute approximate surface area is 153 Å². The predicted octanol–water partition coefficient (Wildman–Crippen LogP) is -1.42. The predicted molar refractivity (Wildman–Crippen MR) is 97.0 cm³/mol. The Morgan fingerprint density at radius 1 is 1.31 bits per heavy atom. The van der Waals surface area contributed by atoms with E-state index in [1.807, 2.05) is 0 Å². The van der Waals surface area contributed by atoms with Gasteiger partial charge < -0.3 is 32.5 Å². The molecule has 10 nitrogen and oxygen atoms in total. The number of carboxylic acids is 1. The molecule has 10 heteroatoms. The van der Waals surface area contributed by atoms with Crippen LogP contribution < -0.4 is 22.5 Å². The Bertz CT molecular complexity index is 547. The van der Waals surface area contributed by atoms with E-state index < -0.39 is 30.0 Å². The molecule has 1 aliphatic heterocycles. The van der Waals surface area contributed by atoms with E-state index in [2.05, 4.69) is 10.3 Å². The van der Waals surface area contributed by atoms with Gasteiger partial charge in [-0.25, -0.2) is 4.79 Å². The highest BCUT2D eigenvalue weighted by Gasteiger charge is 2.38. The quantitative estimate of drug-likeness (QED) is 0.188. The number of carbonyl (C=O) groups is 3. The first-order valence-corrected chi connectivity index (χ1v) is 8.79. The second kappa shape index (κ2) is 9.95. The summed E-state index contributed by atoms with van der Waals surface area (Å²) in [5.74, 6) is -2.08. The summed E-state index contributed by atoms with van der Waals surface area (Å²) in [7, 11) is 0. The summed E-state index contributed by atoms with van der Waals surface area (Å²) < 4.78 is 0. The van der Waals surface area contributed by atoms with Gasteiger partial charge in [-0.05, 0) is 31.6 Å². The van der Waals surface area contributed by atoms with Crippen LogP contribution in [0.4, 0.5) is 0 Å². The van der Waals surface area contributed by atoms with Crippen LogP contribution in [0.5, 0.6) is 0 Å². The fraction of sp³-hybridized carbons (Fsp3) is 0.750. The maximum Gasteiger partial charge on any atom is 0.326 e. The van der Waals surface area contributed by atoms with E-state index in [4.69, 9.17) is 17.2 Å². The van der Waals surface area contributed by atoms with Crippen LogP contribution in [0.1, 0.15) is 39.5 Å². The van der Waals surface area contributed by atoms with Crippen molar-refractivity contribution in [1.82, 2.24) is 10.2 Å². The molecule has 1 aliphatic rings. The number of aliphatic carboxylic acids is 1. The molecule has 0 aromatic rings. The second-order valence-electron chi connectivity index (χ2n) is 6.81. The van der Waals surface area contributed by atoms with Gasteiger partial charge in [0.1, 0.15) is 12.1 Å². The fourth-order valence-electron chi connectivity index (χ4n) is 2.89. The third-order valence-electron chi connectivity index (χ3n) is 4.36. The Balaban J connectivity index is 2.66. The molecular weight excluding hydrogens is 340 g/mol. The smallest absolute Gasteiger partial charge is 0.326 e. The number of likely N-dealkylation sites (tertiary alicyclic amines) is 1. The summed E-state index contributed by atoms with van der Waals surface area (Å²) in [6.45, 7) is 4.32. The van der Waals surface area contributed by atoms with E-state index in [1.165, 1.54) is 4.90 Å². The Kier molecular flexibility index (Phi) is 8.30. The molecule has 0 aromatic heterocycles. The number of nitrogens with two attached hydrogens (primary N) is 3. The van der Waals surface area contributed by atoms with Crippen molar-refractivity contribution >= 4 is 23.7 Å². The van der Waals surface area contributed by atoms with Gasteiger partial charge in [-0.2, -0.15) is 0 Å². The fourth-order valence-corrected chi connectivity index (χ4v) is 2.89. The first-order chi connectivity index (χ1) is 12.1. The van der Waals surface area contributed by atoms with Crippen LogP contribution >= 0.6 is 0 Å². The third kappa shape index (κ3) is 6.17. The summed E-state index contributed by atoms with van der Waals surface area (Å²) in [5, 5.41) is 11.9. The molecule has 0 spiro atoms. The van der Waals surface area contributed by atoms with Crippen LogP contribution in [0.2, 0.25) is 0 Å². The minimum atomic E-state index is -1.03. The van der Waals surface area contributed by atoms with Crippen LogP contribution in [0, 0.1) is 5.92 Å². The van der Waals surface area contributed by atoms with Crippen molar-refractivity contribution in [3.05, 3.63) is 0 Å². The lowest BCUT2D eigenvalue weighted by molar-refractivity contribution is -0.150. The molecule has 8 N–H and O–H groups in total. The van der Waals surface area contributed by atoms with E-state index in [0.717, 1.165) is 0 Å². The van der Waals surface area contributed by atoms with Crippen molar-refractivity contribution in [3.8, 4) is 0 Å². The van der Waals surface area contributed by atoms with E-state index in [9.17, 15) is 19.5 Å². The number of carbonyl (C=O) groups excluding carboxylic acids is 2. The van der Waals surface area contributed by atoms with Gasteiger partial charge in [0.15, 0.2) is 5.96 Å². The lowest BCUT2D eigenvalue weighted by atomic mass is 10.0. The summed E-state index contributed by atoms with van der Waals surface area (Å²) >= 11 is 0. The average molecular weight is 370 g/mol. The molecule has 1 rings (SSSR count). The van der Waals surface area contributed by atoms with Crippen molar-refractivity contribution in [2.75, 3.05) is 13.1 Å². The first kappa shape index (κ1) is 21.7. The molecule has 148 valence electrons. The number of amides is 2. The Morgan fingerprint density at radius 3 is 2.50 bits per heavy atom. The van der Waals surface area contributed by atoms with Gasteiger partial charge in [-0.1, -0.05) is 13.8 Å². The maximum atomic E-state index is 12.8. The second-order valence-corrected chi connectivity index (χ2v) is 6.81. The Morgan fingerprint density at radius 2 is 1.96 bits per heavy atom. The zero-order chi connectivity index (χ0) is 19.9. The molecule has 0 aromatic carbocycles. The maximum absolute atomic E-state index is 12.8. The van der Waals surface area contributed by atoms with Crippen LogP contribution in [-0.2, 0) is 14.4 Å². The molecule has 26 heavy (non-hydrogen) atoms. The topological polar surface area (TPSA) is 177 Å². The van der Waals surface area contributed by atoms with E-state index >= 15 is 0 Å². The summed E-state index contributed by atoms with van der Waals surface area (Å²) in [4.78, 5) is 41.5. The SMILES string of the molecule is CC(C)C(NC(=O)C(N)CCCN=C(N)N)C(=O)N1CCCC1C(=O)O. The van der Waals surface area contributed by atoms with Gasteiger partial charge in [0.25, 0.3) is 0 Å². The highest BCUT2D eigenvalue weighted by atomic mass is 16.4. The summed E-state index contributed by atoms with van der Waals surface area (Å²) in [6.07, 6.45) is 1.94. The van der Waals surface area contributed by atoms with E-state index in [1.54, 1.807) is 13.8 Å². The largest absolute Gasteiger partial charge is 0.480 e. The van der Waals surface area contributed by atoms with Gasteiger partial charge in [-0.15, -0.1) is 0 Å². The monoisotopic (exact) mass is 370 g/mol. The van der Waals surface area contributed by atoms with Crippen molar-refractivity contribution in [2.45, 2.75) is 57.7 Å². The van der Waals surface area contributed by atoms with Crippen LogP contribution in [0.25, 0.3) is 0 Å². The Hall–Kier alpha value is -2.36. The van der Waals surface area contributed by atoms with Crippen LogP contribution in [0.15, 0.2) is 4.99 Å². The number of carboxylic acid groups (broad SMARTS) is 1. The normalized spacial score (nSPS) is 19.1. The van der Waals surface area contributed by atoms with E-state index in [0.29, 0.717) is 38.8 Å². The van der Waals surface area contributed by atoms with Gasteiger partial charge in [-0.3, -0.25) is 14.6 Å². The summed E-state index contributed by atoms with van der Waals surface area (Å²) in [5.41, 5.74) is 16.3. The number of rotatable bonds is 9. The highest BCUT2D eigenvalue weighted by Crippen LogP contribution is 2.20. The van der Waals surface area contributed by atoms with Crippen molar-refractivity contribution < 1.29 is 19.5 Å². The highest BCUT2D eigenvalue weighted by molar-refractivity contribution is 5.92. The molecular formula is C16H30N6O4. The van der Waals surface area contributed by atoms with Crippen molar-refractivity contribution in [3.63, 3.8) is 0 Å². The molecule has 0 radical (unpaired) electrons. The van der Waals surface area contributed by atoms with Crippen LogP contribution in [0.3, 0.4) is 0 Å². The van der Waals surface area contributed by atoms with Gasteiger partial charge in [0.05, 0.1) is 6.04 Å². The van der Waals surface area contributed by atoms with E-state index in [-0.39, 0.29) is 17.8 Å². The van der Waals surface area contributed by atoms with Gasteiger partial charge in [0.2, 0.25) is 11.8 Å². The lowest BCUT2D eigenvalue weighted by Crippen LogP contribution is -2.56. The van der Waals surface area contributed by atoms with Gasteiger partial charge in [0, 0.05) is 13.1 Å². The van der Waals surface area contributed by atoms with Crippen molar-refractivity contribution in [2.24, 2.45) is 28.1 Å². The molecule has 3 unspecified atom stereocenters. The molecule has 3 atom stereocenters. The molecule has 0 saturated carbocycles. The van der Waals surface area contributed by atoms with Crippen LogP contribution in [-0.4, -0.2) is 65.0 Å². The standard InChI is InChI=1S/C16H30N6O4/c1-9(2)12(14(24)22-8-4-6-11(22)15(25)26)21-13(23)10(17)5-3-7-20-16(18)19/h9-12H,3-8,17H2,1-2H3,(H,21,23)(H,25,26)(H4,18,19,20). The molecule has 0 aliphatic carbocycles. The number of nitrogens with zero attached hydrogens (tertiary/aromatic N) is 2. The number of nitrogens with one attached hydrogen (secondary N) is 1. The lowest BCUT2D eigenvalue weighted by Gasteiger charge is -2.30. The number of hydrogen-bond acceptors (Lipinski definition) is 5. The zero-order valence-corrected chi connectivity index (χ0v) is 15.4. The van der Waals surface area contributed by atoms with Gasteiger partial charge >= 0.3 is 5.97 Å². The molecule has 0 bridgehead atoms. The molecule has 1 saturated heterocycles.